The second kappa shape index (κ2) is 5.03. The van der Waals surface area contributed by atoms with E-state index in [0.29, 0.717) is 0 Å². The van der Waals surface area contributed by atoms with E-state index in [1.54, 1.807) is 0 Å². The molecule has 7 aromatic rings. The van der Waals surface area contributed by atoms with Crippen LogP contribution in [0, 0.1) is 6.92 Å². The highest BCUT2D eigenvalue weighted by Crippen LogP contribution is 2.42. The molecular weight excluding hydrogens is 352 g/mol. The summed E-state index contributed by atoms with van der Waals surface area (Å²) in [5, 5.41) is 8.01. The minimum atomic E-state index is 1.27. The van der Waals surface area contributed by atoms with Gasteiger partial charge in [0.2, 0.25) is 11.0 Å². The van der Waals surface area contributed by atoms with Crippen LogP contribution in [0.2, 0.25) is 0 Å². The van der Waals surface area contributed by atoms with Crippen LogP contribution in [0.5, 0.6) is 0 Å². The fraction of sp³-hybridized carbons (Fsp3) is 0.0741. The van der Waals surface area contributed by atoms with Crippen LogP contribution in [0.15, 0.2) is 78.9 Å². The molecule has 2 nitrogen and oxygen atoms in total. The van der Waals surface area contributed by atoms with E-state index in [-0.39, 0.29) is 0 Å². The maximum Gasteiger partial charge on any atom is 0.238 e. The molecule has 4 aromatic carbocycles. The van der Waals surface area contributed by atoms with E-state index in [1.807, 2.05) is 0 Å². The van der Waals surface area contributed by atoms with Gasteiger partial charge < -0.3 is 4.40 Å². The Morgan fingerprint density at radius 3 is 2.31 bits per heavy atom. The number of pyridine rings is 2. The molecule has 0 N–H and O–H groups in total. The Bertz CT molecular complexity index is 1770. The monoisotopic (exact) mass is 371 g/mol. The second-order valence-electron chi connectivity index (χ2n) is 8.13. The van der Waals surface area contributed by atoms with Crippen LogP contribution < -0.4 is 4.57 Å². The van der Waals surface area contributed by atoms with Crippen molar-refractivity contribution in [2.75, 3.05) is 0 Å². The van der Waals surface area contributed by atoms with Gasteiger partial charge in [-0.05, 0) is 36.1 Å². The number of nitrogens with zero attached hydrogens (tertiary/aromatic N) is 2. The van der Waals surface area contributed by atoms with Gasteiger partial charge in [0.15, 0.2) is 0 Å². The zero-order valence-corrected chi connectivity index (χ0v) is 16.4. The van der Waals surface area contributed by atoms with Crippen molar-refractivity contribution in [3.8, 4) is 0 Å². The molecule has 3 aromatic heterocycles. The van der Waals surface area contributed by atoms with Crippen LogP contribution in [0.3, 0.4) is 0 Å². The van der Waals surface area contributed by atoms with Gasteiger partial charge in [0.25, 0.3) is 0 Å². The highest BCUT2D eigenvalue weighted by molar-refractivity contribution is 6.30. The third kappa shape index (κ3) is 1.67. The molecule has 0 bridgehead atoms. The number of hydrogen-bond acceptors (Lipinski definition) is 0. The van der Waals surface area contributed by atoms with Crippen molar-refractivity contribution in [3.05, 3.63) is 84.4 Å². The summed E-state index contributed by atoms with van der Waals surface area (Å²) in [6.45, 7) is 2.24. The number of hydrogen-bond donors (Lipinski definition) is 0. The fourth-order valence-corrected chi connectivity index (χ4v) is 5.49. The van der Waals surface area contributed by atoms with E-state index in [1.165, 1.54) is 65.5 Å². The molecule has 2 heteroatoms. The molecule has 0 aliphatic rings. The number of benzene rings is 4. The highest BCUT2D eigenvalue weighted by atomic mass is 15.0. The number of aryl methyl sites for hydroxylation is 2. The van der Waals surface area contributed by atoms with Gasteiger partial charge in [0.1, 0.15) is 12.6 Å². The number of fused-ring (bicyclic) bond motifs is 7. The van der Waals surface area contributed by atoms with Gasteiger partial charge in [-0.1, -0.05) is 54.6 Å². The summed E-state index contributed by atoms with van der Waals surface area (Å²) in [5.74, 6) is 0. The molecule has 0 fully saturated rings. The Morgan fingerprint density at radius 1 is 0.655 bits per heavy atom. The lowest BCUT2D eigenvalue weighted by atomic mass is 9.97. The summed E-state index contributed by atoms with van der Waals surface area (Å²) >= 11 is 0. The lowest BCUT2D eigenvalue weighted by molar-refractivity contribution is -0.616. The molecule has 0 radical (unpaired) electrons. The molecule has 0 saturated carbocycles. The van der Waals surface area contributed by atoms with E-state index in [2.05, 4.69) is 102 Å². The summed E-state index contributed by atoms with van der Waals surface area (Å²) in [4.78, 5) is 0. The lowest BCUT2D eigenvalue weighted by Gasteiger charge is -2.14. The predicted molar refractivity (Wildman–Crippen MR) is 122 cm³/mol. The van der Waals surface area contributed by atoms with Gasteiger partial charge in [0, 0.05) is 22.2 Å². The SMILES string of the molecule is Cc1ccc2cccc3c2c1c1c2c(c4ccccc4n32)c2ccccc2[n+]1C. The van der Waals surface area contributed by atoms with Crippen LogP contribution in [0.1, 0.15) is 5.56 Å². The molecule has 0 aliphatic carbocycles. The van der Waals surface area contributed by atoms with E-state index < -0.39 is 0 Å². The first kappa shape index (κ1) is 15.3. The van der Waals surface area contributed by atoms with Gasteiger partial charge >= 0.3 is 0 Å². The molecule has 0 unspecified atom stereocenters. The minimum Gasteiger partial charge on any atom is -0.303 e. The van der Waals surface area contributed by atoms with Gasteiger partial charge in [-0.25, -0.2) is 0 Å². The minimum absolute atomic E-state index is 1.27. The Morgan fingerprint density at radius 2 is 1.41 bits per heavy atom. The standard InChI is InChI=1S/C27H19N2/c1-16-14-15-17-8-7-13-22-24(17)23(16)26-27-25(18-9-3-5-11-20(18)28(26)2)19-10-4-6-12-21(19)29(22)27/h3-15H,1-2H3/q+1. The molecule has 3 heterocycles. The number of rotatable bonds is 0. The van der Waals surface area contributed by atoms with E-state index in [4.69, 9.17) is 0 Å². The van der Waals surface area contributed by atoms with E-state index in [9.17, 15) is 0 Å². The lowest BCUT2D eigenvalue weighted by Crippen LogP contribution is -2.31. The summed E-state index contributed by atoms with van der Waals surface area (Å²) in [5.41, 5.74) is 7.80. The average Bonchev–Trinajstić information content (AvgIpc) is 3.11. The van der Waals surface area contributed by atoms with Gasteiger partial charge in [-0.15, -0.1) is 0 Å². The Labute approximate surface area is 167 Å². The maximum atomic E-state index is 2.49. The smallest absolute Gasteiger partial charge is 0.238 e. The van der Waals surface area contributed by atoms with Crippen LogP contribution in [0.4, 0.5) is 0 Å². The van der Waals surface area contributed by atoms with Gasteiger partial charge in [0.05, 0.1) is 21.8 Å². The Hall–Kier alpha value is -3.65. The fourth-order valence-electron chi connectivity index (χ4n) is 5.49. The quantitative estimate of drug-likeness (QED) is 0.169. The number of aromatic nitrogens is 2. The first-order chi connectivity index (χ1) is 14.3. The molecule has 0 saturated heterocycles. The molecule has 29 heavy (non-hydrogen) atoms. The highest BCUT2D eigenvalue weighted by Gasteiger charge is 2.26. The van der Waals surface area contributed by atoms with Crippen molar-refractivity contribution < 1.29 is 4.57 Å². The van der Waals surface area contributed by atoms with Crippen molar-refractivity contribution in [2.45, 2.75) is 6.92 Å². The van der Waals surface area contributed by atoms with E-state index in [0.717, 1.165) is 0 Å². The third-order valence-corrected chi connectivity index (χ3v) is 6.68. The third-order valence-electron chi connectivity index (χ3n) is 6.68. The van der Waals surface area contributed by atoms with Crippen LogP contribution in [0.25, 0.3) is 59.9 Å². The van der Waals surface area contributed by atoms with Gasteiger partial charge in [-0.3, -0.25) is 0 Å². The molecule has 0 aliphatic heterocycles. The van der Waals surface area contributed by atoms with Crippen molar-refractivity contribution in [2.24, 2.45) is 7.05 Å². The molecule has 136 valence electrons. The topological polar surface area (TPSA) is 8.29 Å². The molecule has 7 rings (SSSR count). The Kier molecular flexibility index (Phi) is 2.66. The zero-order valence-electron chi connectivity index (χ0n) is 16.4. The molecular formula is C27H19N2+. The van der Waals surface area contributed by atoms with Crippen LogP contribution in [-0.4, -0.2) is 4.40 Å². The molecule has 0 spiro atoms. The predicted octanol–water partition coefficient (Wildman–Crippen LogP) is 6.28. The summed E-state index contributed by atoms with van der Waals surface area (Å²) in [6.07, 6.45) is 0. The van der Waals surface area contributed by atoms with Crippen molar-refractivity contribution in [1.29, 1.82) is 0 Å². The van der Waals surface area contributed by atoms with E-state index >= 15 is 0 Å². The van der Waals surface area contributed by atoms with Crippen LogP contribution in [-0.2, 0) is 7.05 Å². The largest absolute Gasteiger partial charge is 0.303 e. The summed E-state index contributed by atoms with van der Waals surface area (Å²) < 4.78 is 4.88. The zero-order chi connectivity index (χ0) is 19.3. The normalized spacial score (nSPS) is 12.5. The Balaban J connectivity index is 2.05. The summed E-state index contributed by atoms with van der Waals surface area (Å²) in [6, 6.07) is 28.8. The first-order valence-corrected chi connectivity index (χ1v) is 10.1. The maximum absolute atomic E-state index is 2.49. The summed E-state index contributed by atoms with van der Waals surface area (Å²) in [7, 11) is 2.21. The van der Waals surface area contributed by atoms with Crippen molar-refractivity contribution >= 4 is 59.9 Å². The van der Waals surface area contributed by atoms with Crippen LogP contribution >= 0.6 is 0 Å². The van der Waals surface area contributed by atoms with Crippen molar-refractivity contribution in [3.63, 3.8) is 0 Å². The number of para-hydroxylation sites is 2. The van der Waals surface area contributed by atoms with Gasteiger partial charge in [-0.2, -0.15) is 4.57 Å². The molecule has 0 amide bonds. The average molecular weight is 371 g/mol. The van der Waals surface area contributed by atoms with Crippen molar-refractivity contribution in [1.82, 2.24) is 4.40 Å². The second-order valence-corrected chi connectivity index (χ2v) is 8.13. The molecule has 0 atom stereocenters. The first-order valence-electron chi connectivity index (χ1n) is 10.1.